The van der Waals surface area contributed by atoms with E-state index in [1.54, 1.807) is 0 Å². The highest BCUT2D eigenvalue weighted by Gasteiger charge is 2.18. The second kappa shape index (κ2) is 11.1. The second-order valence-corrected chi connectivity index (χ2v) is 8.29. The molecule has 2 aliphatic rings. The molecule has 3 heteroatoms. The molecule has 28 heavy (non-hydrogen) atoms. The van der Waals surface area contributed by atoms with Gasteiger partial charge in [0.25, 0.3) is 0 Å². The summed E-state index contributed by atoms with van der Waals surface area (Å²) in [6, 6.07) is 21.9. The fraction of sp³-hybridized carbons (Fsp3) is 0.360. The van der Waals surface area contributed by atoms with Crippen molar-refractivity contribution in [2.24, 2.45) is 0 Å². The largest absolute Gasteiger partial charge is 0.382 e. The molecule has 1 N–H and O–H groups in total. The van der Waals surface area contributed by atoms with Crippen molar-refractivity contribution in [2.45, 2.75) is 45.2 Å². The molecule has 0 spiro atoms. The average molecular weight is 393 g/mol. The van der Waals surface area contributed by atoms with Gasteiger partial charge in [-0.1, -0.05) is 66.3 Å². The van der Waals surface area contributed by atoms with E-state index in [-0.39, 0.29) is 0 Å². The molecule has 1 fully saturated rings. The number of nitrogens with zero attached hydrogens (tertiary/aromatic N) is 1. The van der Waals surface area contributed by atoms with Crippen molar-refractivity contribution in [1.82, 2.24) is 4.90 Å². The zero-order valence-electron chi connectivity index (χ0n) is 16.8. The molecule has 0 saturated carbocycles. The van der Waals surface area contributed by atoms with E-state index >= 15 is 0 Å². The van der Waals surface area contributed by atoms with E-state index < -0.39 is 0 Å². The minimum Gasteiger partial charge on any atom is -0.382 e. The number of likely N-dealkylation sites (tertiary alicyclic amines) is 1. The molecule has 2 nitrogen and oxygen atoms in total. The van der Waals surface area contributed by atoms with Crippen LogP contribution in [0.15, 0.2) is 83.3 Å². The summed E-state index contributed by atoms with van der Waals surface area (Å²) in [7, 11) is 0. The van der Waals surface area contributed by atoms with Crippen molar-refractivity contribution < 1.29 is 0 Å². The smallest absolute Gasteiger partial charge is 0.0342 e. The first-order chi connectivity index (χ1) is 13.7. The summed E-state index contributed by atoms with van der Waals surface area (Å²) in [5, 5.41) is 3.64. The predicted octanol–water partition coefficient (Wildman–Crippen LogP) is 6.30. The number of hydrogen-bond acceptors (Lipinski definition) is 3. The molecule has 2 aromatic rings. The fourth-order valence-corrected chi connectivity index (χ4v) is 3.76. The van der Waals surface area contributed by atoms with Gasteiger partial charge >= 0.3 is 0 Å². The summed E-state index contributed by atoms with van der Waals surface area (Å²) < 4.78 is 0. The highest BCUT2D eigenvalue weighted by Crippen LogP contribution is 2.19. The van der Waals surface area contributed by atoms with Crippen LogP contribution in [0.1, 0.15) is 38.2 Å². The highest BCUT2D eigenvalue weighted by atomic mass is 32.1. The summed E-state index contributed by atoms with van der Waals surface area (Å²) in [6.45, 7) is 5.59. The normalized spacial score (nSPS) is 17.8. The third-order valence-corrected chi connectivity index (χ3v) is 5.69. The van der Waals surface area contributed by atoms with Crippen LogP contribution in [0.3, 0.4) is 0 Å². The first kappa shape index (κ1) is 20.8. The topological polar surface area (TPSA) is 15.3 Å². The van der Waals surface area contributed by atoms with Crippen molar-refractivity contribution in [3.63, 3.8) is 0 Å². The maximum absolute atomic E-state index is 4.22. The molecule has 0 radical (unpaired) electrons. The summed E-state index contributed by atoms with van der Waals surface area (Å²) in [5.74, 6) is 0. The van der Waals surface area contributed by atoms with Crippen molar-refractivity contribution in [1.29, 1.82) is 0 Å². The molecule has 1 aliphatic carbocycles. The van der Waals surface area contributed by atoms with Gasteiger partial charge in [-0.25, -0.2) is 0 Å². The van der Waals surface area contributed by atoms with Crippen LogP contribution < -0.4 is 5.32 Å². The Morgan fingerprint density at radius 2 is 1.54 bits per heavy atom. The number of hydrogen-bond donors (Lipinski definition) is 2. The lowest BCUT2D eigenvalue weighted by atomic mass is 10.0. The zero-order valence-corrected chi connectivity index (χ0v) is 17.7. The zero-order chi connectivity index (χ0) is 19.6. The van der Waals surface area contributed by atoms with Crippen LogP contribution in [0.2, 0.25) is 0 Å². The summed E-state index contributed by atoms with van der Waals surface area (Å²) in [4.78, 5) is 3.76. The maximum Gasteiger partial charge on any atom is 0.0342 e. The van der Waals surface area contributed by atoms with Crippen molar-refractivity contribution in [3.05, 3.63) is 88.9 Å². The van der Waals surface area contributed by atoms with Gasteiger partial charge < -0.3 is 5.32 Å². The summed E-state index contributed by atoms with van der Waals surface area (Å²) >= 11 is 4.22. The van der Waals surface area contributed by atoms with E-state index in [0.29, 0.717) is 6.04 Å². The van der Waals surface area contributed by atoms with Crippen LogP contribution in [0.5, 0.6) is 0 Å². The number of para-hydroxylation sites is 1. The average Bonchev–Trinajstić information content (AvgIpc) is 2.74. The van der Waals surface area contributed by atoms with Crippen LogP contribution in [-0.4, -0.2) is 24.0 Å². The monoisotopic (exact) mass is 392 g/mol. The molecule has 0 atom stereocenters. The lowest BCUT2D eigenvalue weighted by molar-refractivity contribution is 0.211. The van der Waals surface area contributed by atoms with Crippen LogP contribution in [0, 0.1) is 0 Å². The van der Waals surface area contributed by atoms with Crippen LogP contribution >= 0.6 is 12.6 Å². The summed E-state index contributed by atoms with van der Waals surface area (Å²) in [5.41, 5.74) is 4.12. The molecule has 4 rings (SSSR count). The Hall–Kier alpha value is -1.97. The maximum atomic E-state index is 4.22. The van der Waals surface area contributed by atoms with Gasteiger partial charge in [-0.05, 0) is 55.2 Å². The van der Waals surface area contributed by atoms with E-state index in [4.69, 9.17) is 0 Å². The molecule has 148 valence electrons. The molecule has 0 unspecified atom stereocenters. The Morgan fingerprint density at radius 3 is 2.11 bits per heavy atom. The third-order valence-electron chi connectivity index (χ3n) is 5.32. The Bertz CT molecular complexity index is 692. The number of allylic oxidation sites excluding steroid dienone is 4. The van der Waals surface area contributed by atoms with E-state index in [1.807, 2.05) is 0 Å². The molecular formula is C25H32N2S. The first-order valence-electron chi connectivity index (χ1n) is 10.3. The molecule has 0 amide bonds. The first-order valence-corrected chi connectivity index (χ1v) is 10.8. The minimum atomic E-state index is 0.615. The minimum absolute atomic E-state index is 0.615. The lowest BCUT2D eigenvalue weighted by Crippen LogP contribution is -2.38. The number of piperidine rings is 1. The van der Waals surface area contributed by atoms with Gasteiger partial charge in [-0.3, -0.25) is 4.90 Å². The van der Waals surface area contributed by atoms with E-state index in [1.165, 1.54) is 54.1 Å². The number of thiol groups is 1. The fourth-order valence-electron chi connectivity index (χ4n) is 3.58. The number of nitrogens with one attached hydrogen (secondary N) is 1. The van der Waals surface area contributed by atoms with Crippen molar-refractivity contribution in [3.8, 4) is 0 Å². The molecular weight excluding hydrogens is 360 g/mol. The Labute approximate surface area is 175 Å². The van der Waals surface area contributed by atoms with E-state index in [9.17, 15) is 0 Å². The van der Waals surface area contributed by atoms with Gasteiger partial charge in [-0.2, -0.15) is 0 Å². The number of benzene rings is 2. The molecule has 0 aromatic heterocycles. The predicted molar refractivity (Wildman–Crippen MR) is 125 cm³/mol. The van der Waals surface area contributed by atoms with Gasteiger partial charge in [0.2, 0.25) is 0 Å². The van der Waals surface area contributed by atoms with Crippen LogP contribution in [0.25, 0.3) is 0 Å². The SMILES string of the molecule is CC1=CC=C(S)CC1.c1ccc(CN2CCC(Nc3ccccc3)CC2)cc1. The van der Waals surface area contributed by atoms with Crippen molar-refractivity contribution >= 4 is 18.3 Å². The summed E-state index contributed by atoms with van der Waals surface area (Å²) in [6.07, 6.45) is 8.97. The number of rotatable bonds is 4. The van der Waals surface area contributed by atoms with Crippen LogP contribution in [-0.2, 0) is 6.54 Å². The molecule has 1 aliphatic heterocycles. The van der Waals surface area contributed by atoms with Gasteiger partial charge in [0.1, 0.15) is 0 Å². The van der Waals surface area contributed by atoms with Gasteiger partial charge in [0.15, 0.2) is 0 Å². The van der Waals surface area contributed by atoms with Gasteiger partial charge in [-0.15, -0.1) is 12.6 Å². The van der Waals surface area contributed by atoms with Crippen LogP contribution in [0.4, 0.5) is 5.69 Å². The van der Waals surface area contributed by atoms with E-state index in [2.05, 4.69) is 103 Å². The molecule has 0 bridgehead atoms. The molecule has 1 heterocycles. The Morgan fingerprint density at radius 1 is 0.893 bits per heavy atom. The lowest BCUT2D eigenvalue weighted by Gasteiger charge is -2.32. The van der Waals surface area contributed by atoms with Gasteiger partial charge in [0, 0.05) is 31.4 Å². The number of anilines is 1. The third kappa shape index (κ3) is 7.21. The Balaban J connectivity index is 0.000000236. The van der Waals surface area contributed by atoms with Crippen molar-refractivity contribution in [2.75, 3.05) is 18.4 Å². The second-order valence-electron chi connectivity index (χ2n) is 7.72. The van der Waals surface area contributed by atoms with E-state index in [0.717, 1.165) is 13.0 Å². The standard InChI is InChI=1S/C18H22N2.C7H10S/c1-3-7-16(8-4-1)15-20-13-11-18(12-14-20)19-17-9-5-2-6-10-17;1-6-2-4-7(8)5-3-6/h1-10,18-19H,11-15H2;2,4,8H,3,5H2,1H3. The highest BCUT2D eigenvalue weighted by molar-refractivity contribution is 7.84. The van der Waals surface area contributed by atoms with Gasteiger partial charge in [0.05, 0.1) is 0 Å². The molecule has 2 aromatic carbocycles. The Kier molecular flexibility index (Phi) is 8.25. The molecule has 1 saturated heterocycles. The quantitative estimate of drug-likeness (QED) is 0.593.